The number of benzene rings is 1. The van der Waals surface area contributed by atoms with Crippen molar-refractivity contribution < 1.29 is 4.74 Å². The molecule has 0 aromatic heterocycles. The van der Waals surface area contributed by atoms with Crippen LogP contribution in [0.25, 0.3) is 6.08 Å². The van der Waals surface area contributed by atoms with Gasteiger partial charge in [0.25, 0.3) is 0 Å². The first-order chi connectivity index (χ1) is 7.72. The molecule has 0 N–H and O–H groups in total. The molecule has 0 aliphatic heterocycles. The van der Waals surface area contributed by atoms with Crippen LogP contribution in [0.3, 0.4) is 0 Å². The van der Waals surface area contributed by atoms with Crippen molar-refractivity contribution in [3.8, 4) is 5.75 Å². The fourth-order valence-corrected chi connectivity index (χ4v) is 1.42. The molecule has 1 heteroatoms. The second-order valence-corrected chi connectivity index (χ2v) is 4.04. The molecule has 16 heavy (non-hydrogen) atoms. The smallest absolute Gasteiger partial charge is 0.119 e. The highest BCUT2D eigenvalue weighted by Gasteiger charge is 1.94. The molecular formula is C15H20O. The highest BCUT2D eigenvalue weighted by Crippen LogP contribution is 2.13. The molecule has 0 unspecified atom stereocenters. The van der Waals surface area contributed by atoms with Gasteiger partial charge in [-0.2, -0.15) is 0 Å². The molecule has 0 saturated carbocycles. The van der Waals surface area contributed by atoms with Crippen molar-refractivity contribution in [3.05, 3.63) is 48.6 Å². The number of hydrogen-bond donors (Lipinski definition) is 0. The van der Waals surface area contributed by atoms with Crippen molar-refractivity contribution in [3.63, 3.8) is 0 Å². The van der Waals surface area contributed by atoms with Crippen LogP contribution >= 0.6 is 0 Å². The molecule has 0 amide bonds. The maximum absolute atomic E-state index is 5.62. The predicted molar refractivity (Wildman–Crippen MR) is 70.7 cm³/mol. The highest BCUT2D eigenvalue weighted by atomic mass is 16.5. The molecule has 0 bridgehead atoms. The van der Waals surface area contributed by atoms with E-state index in [0.29, 0.717) is 0 Å². The molecule has 1 aromatic rings. The van der Waals surface area contributed by atoms with Gasteiger partial charge in [-0.1, -0.05) is 30.4 Å². The summed E-state index contributed by atoms with van der Waals surface area (Å²) in [6.07, 6.45) is 5.16. The molecule has 0 aliphatic carbocycles. The van der Waals surface area contributed by atoms with Gasteiger partial charge in [0.1, 0.15) is 5.75 Å². The Kier molecular flexibility index (Phi) is 5.41. The minimum atomic E-state index is 0.778. The third-order valence-electron chi connectivity index (χ3n) is 2.38. The Morgan fingerprint density at radius 2 is 1.94 bits per heavy atom. The minimum Gasteiger partial charge on any atom is -0.494 e. The second-order valence-electron chi connectivity index (χ2n) is 4.04. The molecule has 0 aliphatic rings. The van der Waals surface area contributed by atoms with Crippen molar-refractivity contribution in [1.82, 2.24) is 0 Å². The number of unbranched alkanes of at least 4 members (excludes halogenated alkanes) is 1. The summed E-state index contributed by atoms with van der Waals surface area (Å²) in [5, 5.41) is 0. The summed E-state index contributed by atoms with van der Waals surface area (Å²) >= 11 is 0. The lowest BCUT2D eigenvalue weighted by Gasteiger charge is -2.06. The van der Waals surface area contributed by atoms with Crippen molar-refractivity contribution in [1.29, 1.82) is 0 Å². The summed E-state index contributed by atoms with van der Waals surface area (Å²) in [5.41, 5.74) is 2.37. The molecule has 0 heterocycles. The number of allylic oxidation sites excluding steroid dienone is 1. The molecule has 1 rings (SSSR count). The SMILES string of the molecule is C=Cc1ccc(OCCCCC(=C)C)cc1. The third-order valence-corrected chi connectivity index (χ3v) is 2.38. The van der Waals surface area contributed by atoms with Crippen LogP contribution in [0.15, 0.2) is 43.0 Å². The van der Waals surface area contributed by atoms with E-state index in [9.17, 15) is 0 Å². The van der Waals surface area contributed by atoms with Crippen molar-refractivity contribution in [2.24, 2.45) is 0 Å². The van der Waals surface area contributed by atoms with Crippen LogP contribution in [0.5, 0.6) is 5.75 Å². The van der Waals surface area contributed by atoms with Gasteiger partial charge in [0.2, 0.25) is 0 Å². The van der Waals surface area contributed by atoms with E-state index in [4.69, 9.17) is 4.74 Å². The quantitative estimate of drug-likeness (QED) is 0.483. The Hall–Kier alpha value is -1.50. The molecule has 0 saturated heterocycles. The molecule has 0 atom stereocenters. The summed E-state index contributed by atoms with van der Waals surface area (Å²) in [4.78, 5) is 0. The third kappa shape index (κ3) is 4.83. The first-order valence-corrected chi connectivity index (χ1v) is 5.72. The van der Waals surface area contributed by atoms with E-state index in [1.165, 1.54) is 5.57 Å². The van der Waals surface area contributed by atoms with Gasteiger partial charge in [0, 0.05) is 0 Å². The zero-order valence-corrected chi connectivity index (χ0v) is 10.0. The van der Waals surface area contributed by atoms with Crippen LogP contribution < -0.4 is 4.74 Å². The zero-order valence-electron chi connectivity index (χ0n) is 10.0. The average Bonchev–Trinajstić information content (AvgIpc) is 2.29. The van der Waals surface area contributed by atoms with Gasteiger partial charge in [-0.25, -0.2) is 0 Å². The van der Waals surface area contributed by atoms with Crippen LogP contribution in [0.2, 0.25) is 0 Å². The van der Waals surface area contributed by atoms with Crippen LogP contribution in [-0.4, -0.2) is 6.61 Å². The molecule has 86 valence electrons. The van der Waals surface area contributed by atoms with E-state index in [1.54, 1.807) is 0 Å². The van der Waals surface area contributed by atoms with E-state index >= 15 is 0 Å². The van der Waals surface area contributed by atoms with Gasteiger partial charge in [-0.3, -0.25) is 0 Å². The van der Waals surface area contributed by atoms with Crippen molar-refractivity contribution in [2.45, 2.75) is 26.2 Å². The number of ether oxygens (including phenoxy) is 1. The monoisotopic (exact) mass is 216 g/mol. The average molecular weight is 216 g/mol. The van der Waals surface area contributed by atoms with E-state index in [2.05, 4.69) is 20.1 Å². The van der Waals surface area contributed by atoms with Crippen molar-refractivity contribution >= 4 is 6.08 Å². The summed E-state index contributed by atoms with van der Waals surface area (Å²) in [6.45, 7) is 10.4. The number of hydrogen-bond acceptors (Lipinski definition) is 1. The standard InChI is InChI=1S/C15H20O/c1-4-14-8-10-15(11-9-14)16-12-6-5-7-13(2)3/h4,8-11H,1-2,5-7,12H2,3H3. The normalized spacial score (nSPS) is 9.81. The molecule has 0 radical (unpaired) electrons. The van der Waals surface area contributed by atoms with Crippen LogP contribution in [0, 0.1) is 0 Å². The Bertz CT molecular complexity index is 335. The lowest BCUT2D eigenvalue weighted by molar-refractivity contribution is 0.307. The Labute approximate surface area is 98.5 Å². The maximum Gasteiger partial charge on any atom is 0.119 e. The minimum absolute atomic E-state index is 0.778. The molecule has 1 nitrogen and oxygen atoms in total. The van der Waals surface area contributed by atoms with Crippen LogP contribution in [0.4, 0.5) is 0 Å². The van der Waals surface area contributed by atoms with E-state index < -0.39 is 0 Å². The Morgan fingerprint density at radius 1 is 1.25 bits per heavy atom. The van der Waals surface area contributed by atoms with Gasteiger partial charge in [0.15, 0.2) is 0 Å². The molecular weight excluding hydrogens is 196 g/mol. The Balaban J connectivity index is 2.21. The fraction of sp³-hybridized carbons (Fsp3) is 0.333. The van der Waals surface area contributed by atoms with Gasteiger partial charge in [0.05, 0.1) is 6.61 Å². The topological polar surface area (TPSA) is 9.23 Å². The van der Waals surface area contributed by atoms with E-state index in [1.807, 2.05) is 30.3 Å². The van der Waals surface area contributed by atoms with Crippen LogP contribution in [-0.2, 0) is 0 Å². The van der Waals surface area contributed by atoms with Gasteiger partial charge in [-0.15, -0.1) is 6.58 Å². The molecule has 1 aromatic carbocycles. The lowest BCUT2D eigenvalue weighted by Crippen LogP contribution is -1.97. The second kappa shape index (κ2) is 6.89. The maximum atomic E-state index is 5.62. The van der Waals surface area contributed by atoms with Gasteiger partial charge >= 0.3 is 0 Å². The van der Waals surface area contributed by atoms with Crippen molar-refractivity contribution in [2.75, 3.05) is 6.61 Å². The van der Waals surface area contributed by atoms with Gasteiger partial charge in [-0.05, 0) is 43.9 Å². The largest absolute Gasteiger partial charge is 0.494 e. The Morgan fingerprint density at radius 3 is 2.50 bits per heavy atom. The summed E-state index contributed by atoms with van der Waals surface area (Å²) in [6, 6.07) is 7.98. The first-order valence-electron chi connectivity index (χ1n) is 5.72. The van der Waals surface area contributed by atoms with E-state index in [0.717, 1.165) is 37.2 Å². The molecule has 0 fully saturated rings. The highest BCUT2D eigenvalue weighted by molar-refractivity contribution is 5.48. The summed E-state index contributed by atoms with van der Waals surface area (Å²) in [7, 11) is 0. The van der Waals surface area contributed by atoms with Gasteiger partial charge < -0.3 is 4.74 Å². The zero-order chi connectivity index (χ0) is 11.8. The molecule has 0 spiro atoms. The van der Waals surface area contributed by atoms with Crippen LogP contribution in [0.1, 0.15) is 31.7 Å². The number of rotatable bonds is 7. The lowest BCUT2D eigenvalue weighted by atomic mass is 10.1. The van der Waals surface area contributed by atoms with E-state index in [-0.39, 0.29) is 0 Å². The first kappa shape index (κ1) is 12.6. The summed E-state index contributed by atoms with van der Waals surface area (Å²) in [5.74, 6) is 0.931. The fourth-order valence-electron chi connectivity index (χ4n) is 1.42. The summed E-state index contributed by atoms with van der Waals surface area (Å²) < 4.78 is 5.62. The predicted octanol–water partition coefficient (Wildman–Crippen LogP) is 4.45.